The van der Waals surface area contributed by atoms with Gasteiger partial charge in [-0.2, -0.15) is 0 Å². The summed E-state index contributed by atoms with van der Waals surface area (Å²) in [5, 5.41) is 0. The van der Waals surface area contributed by atoms with Crippen LogP contribution >= 0.6 is 0 Å². The first-order valence-electron chi connectivity index (χ1n) is 7.09. The first-order valence-corrected chi connectivity index (χ1v) is 7.09. The summed E-state index contributed by atoms with van der Waals surface area (Å²) in [7, 11) is 0. The quantitative estimate of drug-likeness (QED) is 0.535. The van der Waals surface area contributed by atoms with E-state index in [0.717, 1.165) is 25.2 Å². The van der Waals surface area contributed by atoms with Crippen molar-refractivity contribution in [2.45, 2.75) is 69.8 Å². The number of ether oxygens (including phenoxy) is 1. The van der Waals surface area contributed by atoms with Crippen LogP contribution in [0.25, 0.3) is 0 Å². The number of fused-ring (bicyclic) bond motifs is 3. The Morgan fingerprint density at radius 1 is 1.06 bits per heavy atom. The molecule has 0 radical (unpaired) electrons. The van der Waals surface area contributed by atoms with Crippen LogP contribution < -0.4 is 0 Å². The maximum absolute atomic E-state index is 11.5. The summed E-state index contributed by atoms with van der Waals surface area (Å²) in [4.78, 5) is 11.5. The largest absolute Gasteiger partial charge is 0.456 e. The van der Waals surface area contributed by atoms with Crippen LogP contribution in [-0.2, 0) is 9.53 Å². The predicted molar refractivity (Wildman–Crippen MR) is 68.7 cm³/mol. The van der Waals surface area contributed by atoms with Crippen LogP contribution in [-0.4, -0.2) is 11.6 Å². The lowest BCUT2D eigenvalue weighted by Gasteiger charge is -2.38. The minimum atomic E-state index is -0.234. The Kier molecular flexibility index (Phi) is 4.25. The van der Waals surface area contributed by atoms with Crippen LogP contribution in [0.3, 0.4) is 0 Å². The Morgan fingerprint density at radius 2 is 1.71 bits per heavy atom. The summed E-state index contributed by atoms with van der Waals surface area (Å²) in [6, 6.07) is 0. The molecule has 0 N–H and O–H groups in total. The summed E-state index contributed by atoms with van der Waals surface area (Å²) < 4.78 is 5.73. The molecule has 2 saturated carbocycles. The van der Waals surface area contributed by atoms with E-state index in [1.807, 2.05) is 0 Å². The summed E-state index contributed by atoms with van der Waals surface area (Å²) in [6.07, 6.45) is 13.5. The highest BCUT2D eigenvalue weighted by Crippen LogP contribution is 2.39. The molecule has 2 bridgehead atoms. The Labute approximate surface area is 104 Å². The van der Waals surface area contributed by atoms with E-state index in [1.54, 1.807) is 0 Å². The number of esters is 1. The predicted octanol–water partition coefficient (Wildman–Crippen LogP) is 4.00. The van der Waals surface area contributed by atoms with Crippen molar-refractivity contribution < 1.29 is 9.53 Å². The molecule has 0 aromatic heterocycles. The lowest BCUT2D eigenvalue weighted by molar-refractivity contribution is -0.158. The number of rotatable bonds is 2. The minimum Gasteiger partial charge on any atom is -0.456 e. The van der Waals surface area contributed by atoms with Crippen molar-refractivity contribution in [3.05, 3.63) is 12.7 Å². The zero-order valence-electron chi connectivity index (χ0n) is 10.7. The standard InChI is InChI=1S/C15H24O2/c1-2-14(16)17-15-10-5-3-7-13(9-12-15)8-4-6-11-15/h2,13H,1,3-12H2. The van der Waals surface area contributed by atoms with Gasteiger partial charge in [0, 0.05) is 6.08 Å². The van der Waals surface area contributed by atoms with E-state index in [0.29, 0.717) is 0 Å². The van der Waals surface area contributed by atoms with Crippen LogP contribution in [0.5, 0.6) is 0 Å². The summed E-state index contributed by atoms with van der Waals surface area (Å²) in [5.41, 5.74) is -0.162. The van der Waals surface area contributed by atoms with Crippen molar-refractivity contribution in [1.82, 2.24) is 0 Å². The van der Waals surface area contributed by atoms with Gasteiger partial charge in [0.15, 0.2) is 0 Å². The van der Waals surface area contributed by atoms with Gasteiger partial charge < -0.3 is 4.74 Å². The molecule has 2 heteroatoms. The molecule has 0 aromatic rings. The summed E-state index contributed by atoms with van der Waals surface area (Å²) >= 11 is 0. The second-order valence-electron chi connectivity index (χ2n) is 5.70. The normalized spacial score (nSPS) is 34.0. The van der Waals surface area contributed by atoms with Crippen LogP contribution in [0.2, 0.25) is 0 Å². The molecule has 0 atom stereocenters. The molecule has 0 spiro atoms. The molecule has 0 heterocycles. The van der Waals surface area contributed by atoms with Gasteiger partial charge in [-0.15, -0.1) is 0 Å². The average Bonchev–Trinajstić information content (AvgIpc) is 2.30. The van der Waals surface area contributed by atoms with Crippen molar-refractivity contribution in [2.75, 3.05) is 0 Å². The van der Waals surface area contributed by atoms with Gasteiger partial charge in [0.1, 0.15) is 5.60 Å². The van der Waals surface area contributed by atoms with Crippen LogP contribution in [0.4, 0.5) is 0 Å². The molecule has 2 nitrogen and oxygen atoms in total. The first kappa shape index (κ1) is 12.7. The molecule has 0 amide bonds. The van der Waals surface area contributed by atoms with Gasteiger partial charge in [0.2, 0.25) is 0 Å². The lowest BCUT2D eigenvalue weighted by atomic mass is 9.75. The van der Waals surface area contributed by atoms with Crippen molar-refractivity contribution in [2.24, 2.45) is 5.92 Å². The third-order valence-electron chi connectivity index (χ3n) is 4.48. The fourth-order valence-electron chi connectivity index (χ4n) is 3.44. The SMILES string of the molecule is C=CC(=O)OC12CCCCC(CCCC1)CC2. The molecule has 2 fully saturated rings. The highest BCUT2D eigenvalue weighted by atomic mass is 16.6. The fraction of sp³-hybridized carbons (Fsp3) is 0.800. The summed E-state index contributed by atoms with van der Waals surface area (Å²) in [6.45, 7) is 3.51. The third kappa shape index (κ3) is 3.34. The van der Waals surface area contributed by atoms with Crippen LogP contribution in [0.1, 0.15) is 64.2 Å². The molecular formula is C15H24O2. The van der Waals surface area contributed by atoms with Gasteiger partial charge >= 0.3 is 5.97 Å². The smallest absolute Gasteiger partial charge is 0.330 e. The van der Waals surface area contributed by atoms with E-state index in [4.69, 9.17) is 4.74 Å². The van der Waals surface area contributed by atoms with Crippen LogP contribution in [0, 0.1) is 5.92 Å². The van der Waals surface area contributed by atoms with Crippen molar-refractivity contribution in [3.63, 3.8) is 0 Å². The monoisotopic (exact) mass is 236 g/mol. The van der Waals surface area contributed by atoms with E-state index in [-0.39, 0.29) is 11.6 Å². The van der Waals surface area contributed by atoms with E-state index >= 15 is 0 Å². The number of carbonyl (C=O) groups is 1. The zero-order chi connectivity index (χ0) is 12.1. The van der Waals surface area contributed by atoms with Gasteiger partial charge in [-0.1, -0.05) is 32.3 Å². The van der Waals surface area contributed by atoms with E-state index in [1.165, 1.54) is 51.0 Å². The minimum absolute atomic E-state index is 0.162. The molecule has 0 saturated heterocycles. The van der Waals surface area contributed by atoms with E-state index in [9.17, 15) is 4.79 Å². The molecule has 0 aromatic carbocycles. The molecule has 0 unspecified atom stereocenters. The van der Waals surface area contributed by atoms with Crippen LogP contribution in [0.15, 0.2) is 12.7 Å². The van der Waals surface area contributed by atoms with Gasteiger partial charge in [-0.05, 0) is 44.4 Å². The van der Waals surface area contributed by atoms with E-state index < -0.39 is 0 Å². The molecule has 2 rings (SSSR count). The fourth-order valence-corrected chi connectivity index (χ4v) is 3.44. The third-order valence-corrected chi connectivity index (χ3v) is 4.48. The molecule has 17 heavy (non-hydrogen) atoms. The number of carbonyl (C=O) groups excluding carboxylic acids is 1. The number of hydrogen-bond donors (Lipinski definition) is 0. The number of hydrogen-bond acceptors (Lipinski definition) is 2. The Hall–Kier alpha value is -0.790. The van der Waals surface area contributed by atoms with Gasteiger partial charge in [-0.3, -0.25) is 0 Å². The first-order chi connectivity index (χ1) is 8.24. The Morgan fingerprint density at radius 3 is 2.29 bits per heavy atom. The van der Waals surface area contributed by atoms with Gasteiger partial charge in [0.05, 0.1) is 0 Å². The topological polar surface area (TPSA) is 26.3 Å². The molecule has 2 aliphatic carbocycles. The maximum Gasteiger partial charge on any atom is 0.330 e. The Bertz CT molecular complexity index is 271. The highest BCUT2D eigenvalue weighted by molar-refractivity contribution is 5.81. The molecular weight excluding hydrogens is 212 g/mol. The van der Waals surface area contributed by atoms with E-state index in [2.05, 4.69) is 6.58 Å². The van der Waals surface area contributed by atoms with Crippen molar-refractivity contribution >= 4 is 5.97 Å². The lowest BCUT2D eigenvalue weighted by Crippen LogP contribution is -2.37. The second kappa shape index (κ2) is 5.70. The average molecular weight is 236 g/mol. The molecule has 96 valence electrons. The maximum atomic E-state index is 11.5. The van der Waals surface area contributed by atoms with Gasteiger partial charge in [0.25, 0.3) is 0 Å². The van der Waals surface area contributed by atoms with Gasteiger partial charge in [-0.25, -0.2) is 4.79 Å². The highest BCUT2D eigenvalue weighted by Gasteiger charge is 2.36. The zero-order valence-corrected chi connectivity index (χ0v) is 10.7. The Balaban J connectivity index is 2.09. The second-order valence-corrected chi connectivity index (χ2v) is 5.70. The molecule has 0 aliphatic heterocycles. The van der Waals surface area contributed by atoms with Crippen molar-refractivity contribution in [3.8, 4) is 0 Å². The van der Waals surface area contributed by atoms with Crippen molar-refractivity contribution in [1.29, 1.82) is 0 Å². The summed E-state index contributed by atoms with van der Waals surface area (Å²) in [5.74, 6) is 0.639. The molecule has 2 aliphatic rings.